The van der Waals surface area contributed by atoms with E-state index in [4.69, 9.17) is 0 Å². The van der Waals surface area contributed by atoms with Gasteiger partial charge in [-0.15, -0.1) is 11.8 Å². The predicted octanol–water partition coefficient (Wildman–Crippen LogP) is 3.38. The molecular formula is C14H20N2S. The third-order valence-corrected chi connectivity index (χ3v) is 4.00. The SMILES string of the molecule is CCN(C)CCc1c[nH]c2ccc(SC)cc12. The third-order valence-electron chi connectivity index (χ3n) is 3.28. The van der Waals surface area contributed by atoms with Gasteiger partial charge in [-0.25, -0.2) is 0 Å². The van der Waals surface area contributed by atoms with Crippen LogP contribution in [-0.2, 0) is 6.42 Å². The highest BCUT2D eigenvalue weighted by atomic mass is 32.2. The number of H-pyrrole nitrogens is 1. The summed E-state index contributed by atoms with van der Waals surface area (Å²) in [6.07, 6.45) is 5.39. The summed E-state index contributed by atoms with van der Waals surface area (Å²) in [6.45, 7) is 4.42. The average Bonchev–Trinajstić information content (AvgIpc) is 2.78. The van der Waals surface area contributed by atoms with E-state index in [0.717, 1.165) is 19.5 Å². The van der Waals surface area contributed by atoms with Gasteiger partial charge in [-0.2, -0.15) is 0 Å². The van der Waals surface area contributed by atoms with E-state index >= 15 is 0 Å². The second-order valence-corrected chi connectivity index (χ2v) is 5.25. The Morgan fingerprint density at radius 3 is 2.88 bits per heavy atom. The topological polar surface area (TPSA) is 19.0 Å². The van der Waals surface area contributed by atoms with Gasteiger partial charge < -0.3 is 9.88 Å². The second-order valence-electron chi connectivity index (χ2n) is 4.37. The molecule has 2 aromatic rings. The zero-order chi connectivity index (χ0) is 12.3. The van der Waals surface area contributed by atoms with Crippen molar-refractivity contribution in [2.24, 2.45) is 0 Å². The second kappa shape index (κ2) is 5.61. The summed E-state index contributed by atoms with van der Waals surface area (Å²) in [5, 5.41) is 1.38. The number of hydrogen-bond donors (Lipinski definition) is 1. The average molecular weight is 248 g/mol. The summed E-state index contributed by atoms with van der Waals surface area (Å²) in [7, 11) is 2.17. The molecule has 0 aliphatic carbocycles. The minimum absolute atomic E-state index is 1.11. The molecule has 3 heteroatoms. The van der Waals surface area contributed by atoms with Gasteiger partial charge in [0.05, 0.1) is 0 Å². The number of nitrogens with zero attached hydrogens (tertiary/aromatic N) is 1. The largest absolute Gasteiger partial charge is 0.361 e. The van der Waals surface area contributed by atoms with E-state index in [0.29, 0.717) is 0 Å². The lowest BCUT2D eigenvalue weighted by molar-refractivity contribution is 0.358. The number of fused-ring (bicyclic) bond motifs is 1. The highest BCUT2D eigenvalue weighted by molar-refractivity contribution is 7.98. The zero-order valence-corrected chi connectivity index (χ0v) is 11.6. The Balaban J connectivity index is 2.22. The van der Waals surface area contributed by atoms with Crippen LogP contribution in [0.3, 0.4) is 0 Å². The molecule has 1 heterocycles. The van der Waals surface area contributed by atoms with E-state index in [9.17, 15) is 0 Å². The monoisotopic (exact) mass is 248 g/mol. The number of nitrogens with one attached hydrogen (secondary N) is 1. The van der Waals surface area contributed by atoms with Crippen molar-refractivity contribution in [3.05, 3.63) is 30.0 Å². The van der Waals surface area contributed by atoms with Crippen LogP contribution in [-0.4, -0.2) is 36.3 Å². The fourth-order valence-corrected chi connectivity index (χ4v) is 2.40. The minimum Gasteiger partial charge on any atom is -0.361 e. The highest BCUT2D eigenvalue weighted by Gasteiger charge is 2.05. The molecule has 0 aliphatic heterocycles. The molecule has 0 radical (unpaired) electrons. The summed E-state index contributed by atoms with van der Waals surface area (Å²) in [6, 6.07) is 6.64. The molecule has 0 atom stereocenters. The van der Waals surface area contributed by atoms with E-state index in [1.165, 1.54) is 21.4 Å². The van der Waals surface area contributed by atoms with E-state index in [2.05, 4.69) is 54.5 Å². The molecule has 0 saturated heterocycles. The van der Waals surface area contributed by atoms with Crippen molar-refractivity contribution in [3.63, 3.8) is 0 Å². The number of likely N-dealkylation sites (N-methyl/N-ethyl adjacent to an activating group) is 1. The van der Waals surface area contributed by atoms with E-state index in [-0.39, 0.29) is 0 Å². The summed E-state index contributed by atoms with van der Waals surface area (Å²) < 4.78 is 0. The lowest BCUT2D eigenvalue weighted by Crippen LogP contribution is -2.20. The Morgan fingerprint density at radius 2 is 2.18 bits per heavy atom. The Kier molecular flexibility index (Phi) is 4.13. The third kappa shape index (κ3) is 2.85. The Hall–Kier alpha value is -0.930. The zero-order valence-electron chi connectivity index (χ0n) is 10.8. The summed E-state index contributed by atoms with van der Waals surface area (Å²) in [4.78, 5) is 7.03. The van der Waals surface area contributed by atoms with Crippen molar-refractivity contribution in [1.82, 2.24) is 9.88 Å². The summed E-state index contributed by atoms with van der Waals surface area (Å²) in [5.74, 6) is 0. The van der Waals surface area contributed by atoms with E-state index in [1.807, 2.05) is 0 Å². The van der Waals surface area contributed by atoms with Crippen molar-refractivity contribution in [2.75, 3.05) is 26.4 Å². The molecular weight excluding hydrogens is 228 g/mol. The van der Waals surface area contributed by atoms with Gasteiger partial charge in [0.1, 0.15) is 0 Å². The van der Waals surface area contributed by atoms with Gasteiger partial charge in [0.15, 0.2) is 0 Å². The maximum absolute atomic E-state index is 3.35. The quantitative estimate of drug-likeness (QED) is 0.818. The molecule has 0 amide bonds. The molecule has 0 aliphatic rings. The molecule has 0 unspecified atom stereocenters. The molecule has 92 valence electrons. The molecule has 1 aromatic heterocycles. The van der Waals surface area contributed by atoms with Crippen molar-refractivity contribution >= 4 is 22.7 Å². The number of aromatic nitrogens is 1. The lowest BCUT2D eigenvalue weighted by Gasteiger charge is -2.12. The molecule has 0 fully saturated rings. The molecule has 17 heavy (non-hydrogen) atoms. The van der Waals surface area contributed by atoms with Gasteiger partial charge in [0.2, 0.25) is 0 Å². The fourth-order valence-electron chi connectivity index (χ4n) is 1.96. The Labute approximate surface area is 107 Å². The molecule has 0 bridgehead atoms. The van der Waals surface area contributed by atoms with Crippen LogP contribution >= 0.6 is 11.8 Å². The lowest BCUT2D eigenvalue weighted by atomic mass is 10.1. The van der Waals surface area contributed by atoms with Crippen molar-refractivity contribution < 1.29 is 0 Å². The number of benzene rings is 1. The normalized spacial score (nSPS) is 11.5. The minimum atomic E-state index is 1.11. The predicted molar refractivity (Wildman–Crippen MR) is 77.0 cm³/mol. The number of aromatic amines is 1. The Morgan fingerprint density at radius 1 is 1.35 bits per heavy atom. The molecule has 1 N–H and O–H groups in total. The first-order valence-electron chi connectivity index (χ1n) is 6.07. The first-order chi connectivity index (χ1) is 8.24. The van der Waals surface area contributed by atoms with Gasteiger partial charge in [0.25, 0.3) is 0 Å². The molecule has 2 nitrogen and oxygen atoms in total. The van der Waals surface area contributed by atoms with Crippen LogP contribution in [0.4, 0.5) is 0 Å². The summed E-state index contributed by atoms with van der Waals surface area (Å²) in [5.41, 5.74) is 2.67. The Bertz CT molecular complexity index is 490. The van der Waals surface area contributed by atoms with Crippen LogP contribution < -0.4 is 0 Å². The van der Waals surface area contributed by atoms with Gasteiger partial charge >= 0.3 is 0 Å². The van der Waals surface area contributed by atoms with Gasteiger partial charge in [0, 0.05) is 28.5 Å². The van der Waals surface area contributed by atoms with E-state index in [1.54, 1.807) is 11.8 Å². The van der Waals surface area contributed by atoms with Crippen molar-refractivity contribution in [2.45, 2.75) is 18.2 Å². The fraction of sp³-hybridized carbons (Fsp3) is 0.429. The summed E-state index contributed by atoms with van der Waals surface area (Å²) >= 11 is 1.80. The molecule has 0 spiro atoms. The van der Waals surface area contributed by atoms with Gasteiger partial charge in [-0.1, -0.05) is 6.92 Å². The van der Waals surface area contributed by atoms with Gasteiger partial charge in [-0.05, 0) is 50.0 Å². The van der Waals surface area contributed by atoms with Crippen LogP contribution in [0, 0.1) is 0 Å². The first-order valence-corrected chi connectivity index (χ1v) is 7.29. The van der Waals surface area contributed by atoms with Crippen LogP contribution in [0.1, 0.15) is 12.5 Å². The number of thioether (sulfide) groups is 1. The van der Waals surface area contributed by atoms with Crippen LogP contribution in [0.2, 0.25) is 0 Å². The van der Waals surface area contributed by atoms with Crippen molar-refractivity contribution in [1.29, 1.82) is 0 Å². The first kappa shape index (κ1) is 12.5. The van der Waals surface area contributed by atoms with E-state index < -0.39 is 0 Å². The maximum atomic E-state index is 3.35. The van der Waals surface area contributed by atoms with Crippen LogP contribution in [0.5, 0.6) is 0 Å². The van der Waals surface area contributed by atoms with Crippen LogP contribution in [0.25, 0.3) is 10.9 Å². The number of hydrogen-bond acceptors (Lipinski definition) is 2. The maximum Gasteiger partial charge on any atom is 0.0457 e. The molecule has 2 rings (SSSR count). The number of rotatable bonds is 5. The van der Waals surface area contributed by atoms with Crippen molar-refractivity contribution in [3.8, 4) is 0 Å². The molecule has 1 aromatic carbocycles. The standard InChI is InChI=1S/C14H20N2S/c1-4-16(2)8-7-11-10-15-14-6-5-12(17-3)9-13(11)14/h5-6,9-10,15H,4,7-8H2,1-3H3. The van der Waals surface area contributed by atoms with Gasteiger partial charge in [-0.3, -0.25) is 0 Å². The smallest absolute Gasteiger partial charge is 0.0457 e. The van der Waals surface area contributed by atoms with Crippen LogP contribution in [0.15, 0.2) is 29.3 Å². The highest BCUT2D eigenvalue weighted by Crippen LogP contribution is 2.24. The molecule has 0 saturated carbocycles.